The molecule has 1 aliphatic rings. The van der Waals surface area contributed by atoms with Gasteiger partial charge in [-0.25, -0.2) is 4.79 Å². The lowest BCUT2D eigenvalue weighted by Crippen LogP contribution is -2.44. The Bertz CT molecular complexity index is 489. The van der Waals surface area contributed by atoms with Crippen LogP contribution in [-0.2, 0) is 4.74 Å². The van der Waals surface area contributed by atoms with E-state index in [0.29, 0.717) is 19.3 Å². The number of phenolic OH excluding ortho intramolecular Hbond substituents is 1. The van der Waals surface area contributed by atoms with Crippen LogP contribution in [0.25, 0.3) is 0 Å². The second-order valence-electron chi connectivity index (χ2n) is 6.79. The molecule has 0 spiro atoms. The molecule has 0 amide bonds. The van der Waals surface area contributed by atoms with Crippen molar-refractivity contribution >= 4 is 5.97 Å². The van der Waals surface area contributed by atoms with Gasteiger partial charge in [0.1, 0.15) is 17.4 Å². The quantitative estimate of drug-likeness (QED) is 0.816. The molecule has 1 aliphatic carbocycles. The fraction of sp³-hybridized carbons (Fsp3) is 0.562. The highest BCUT2D eigenvalue weighted by molar-refractivity contribution is 5.92. The topological polar surface area (TPSA) is 66.8 Å². The Morgan fingerprint density at radius 3 is 2.50 bits per heavy atom. The number of benzene rings is 1. The van der Waals surface area contributed by atoms with Crippen LogP contribution < -0.4 is 0 Å². The Morgan fingerprint density at radius 2 is 1.90 bits per heavy atom. The van der Waals surface area contributed by atoms with Gasteiger partial charge in [-0.15, -0.1) is 0 Å². The van der Waals surface area contributed by atoms with Crippen molar-refractivity contribution in [2.24, 2.45) is 5.41 Å². The van der Waals surface area contributed by atoms with Crippen molar-refractivity contribution in [3.05, 3.63) is 29.8 Å². The SMILES string of the molecule is CC1(C)C[C@H](OC(=O)c2ccccc2O)C[C@](C)(O)C1. The molecule has 1 fully saturated rings. The highest BCUT2D eigenvalue weighted by Crippen LogP contribution is 2.42. The number of para-hydroxylation sites is 1. The molecule has 110 valence electrons. The van der Waals surface area contributed by atoms with Crippen LogP contribution in [0, 0.1) is 5.41 Å². The molecule has 4 nitrogen and oxygen atoms in total. The fourth-order valence-corrected chi connectivity index (χ4v) is 3.30. The molecule has 1 saturated carbocycles. The zero-order valence-electron chi connectivity index (χ0n) is 12.2. The first-order chi connectivity index (χ1) is 9.19. The summed E-state index contributed by atoms with van der Waals surface area (Å²) < 4.78 is 5.47. The van der Waals surface area contributed by atoms with Gasteiger partial charge < -0.3 is 14.9 Å². The van der Waals surface area contributed by atoms with Gasteiger partial charge in [0, 0.05) is 6.42 Å². The highest BCUT2D eigenvalue weighted by atomic mass is 16.5. The Hall–Kier alpha value is -1.55. The van der Waals surface area contributed by atoms with Crippen molar-refractivity contribution in [3.8, 4) is 5.75 Å². The van der Waals surface area contributed by atoms with E-state index >= 15 is 0 Å². The minimum absolute atomic E-state index is 0.0779. The van der Waals surface area contributed by atoms with E-state index < -0.39 is 11.6 Å². The van der Waals surface area contributed by atoms with Crippen LogP contribution >= 0.6 is 0 Å². The normalized spacial score (nSPS) is 28.9. The molecule has 0 bridgehead atoms. The molecule has 0 aliphatic heterocycles. The Labute approximate surface area is 119 Å². The minimum Gasteiger partial charge on any atom is -0.507 e. The van der Waals surface area contributed by atoms with Crippen molar-refractivity contribution in [1.82, 2.24) is 0 Å². The van der Waals surface area contributed by atoms with Gasteiger partial charge in [0.25, 0.3) is 0 Å². The van der Waals surface area contributed by atoms with Crippen molar-refractivity contribution in [2.45, 2.75) is 51.7 Å². The maximum absolute atomic E-state index is 12.1. The summed E-state index contributed by atoms with van der Waals surface area (Å²) in [4.78, 5) is 12.1. The molecule has 1 aromatic carbocycles. The molecule has 2 atom stereocenters. The van der Waals surface area contributed by atoms with Crippen LogP contribution in [0.5, 0.6) is 5.75 Å². The second kappa shape index (κ2) is 5.09. The number of carbonyl (C=O) groups excluding carboxylic acids is 1. The van der Waals surface area contributed by atoms with E-state index in [0.717, 1.165) is 0 Å². The molecule has 2 N–H and O–H groups in total. The molecule has 0 unspecified atom stereocenters. The molecule has 0 aromatic heterocycles. The molecule has 0 heterocycles. The van der Waals surface area contributed by atoms with E-state index in [1.54, 1.807) is 19.1 Å². The zero-order valence-corrected chi connectivity index (χ0v) is 12.2. The van der Waals surface area contributed by atoms with Crippen LogP contribution in [0.2, 0.25) is 0 Å². The maximum atomic E-state index is 12.1. The number of aromatic hydroxyl groups is 1. The van der Waals surface area contributed by atoms with E-state index in [4.69, 9.17) is 4.74 Å². The lowest BCUT2D eigenvalue weighted by molar-refractivity contribution is -0.0834. The highest BCUT2D eigenvalue weighted by Gasteiger charge is 2.41. The van der Waals surface area contributed by atoms with Gasteiger partial charge in [-0.3, -0.25) is 0 Å². The van der Waals surface area contributed by atoms with E-state index in [1.807, 2.05) is 0 Å². The number of esters is 1. The smallest absolute Gasteiger partial charge is 0.342 e. The Morgan fingerprint density at radius 1 is 1.25 bits per heavy atom. The number of ether oxygens (including phenoxy) is 1. The second-order valence-corrected chi connectivity index (χ2v) is 6.79. The van der Waals surface area contributed by atoms with Gasteiger partial charge in [-0.1, -0.05) is 26.0 Å². The Balaban J connectivity index is 2.10. The minimum atomic E-state index is -0.828. The van der Waals surface area contributed by atoms with E-state index in [1.165, 1.54) is 12.1 Å². The lowest BCUT2D eigenvalue weighted by atomic mass is 9.69. The summed E-state index contributed by atoms with van der Waals surface area (Å²) in [7, 11) is 0. The van der Waals surface area contributed by atoms with Crippen molar-refractivity contribution in [2.75, 3.05) is 0 Å². The molecule has 2 rings (SSSR count). The van der Waals surface area contributed by atoms with E-state index in [2.05, 4.69) is 13.8 Å². The van der Waals surface area contributed by atoms with Gasteiger partial charge in [0.2, 0.25) is 0 Å². The summed E-state index contributed by atoms with van der Waals surface area (Å²) in [5.41, 5.74) is -0.743. The number of rotatable bonds is 2. The number of aliphatic hydroxyl groups is 1. The van der Waals surface area contributed by atoms with Gasteiger partial charge in [0.05, 0.1) is 5.60 Å². The molecular formula is C16H22O4. The molecule has 1 aromatic rings. The standard InChI is InChI=1S/C16H22O4/c1-15(2)8-11(9-16(3,19)10-15)20-14(18)12-6-4-5-7-13(12)17/h4-7,11,17,19H,8-10H2,1-3H3/t11-,16-/m0/s1. The summed E-state index contributed by atoms with van der Waals surface area (Å²) in [5, 5.41) is 19.9. The fourth-order valence-electron chi connectivity index (χ4n) is 3.30. The molecular weight excluding hydrogens is 256 g/mol. The third kappa shape index (κ3) is 3.51. The largest absolute Gasteiger partial charge is 0.507 e. The van der Waals surface area contributed by atoms with Crippen LogP contribution in [0.1, 0.15) is 50.4 Å². The monoisotopic (exact) mass is 278 g/mol. The van der Waals surface area contributed by atoms with Crippen molar-refractivity contribution in [1.29, 1.82) is 0 Å². The van der Waals surface area contributed by atoms with Crippen LogP contribution in [-0.4, -0.2) is 27.9 Å². The first kappa shape index (κ1) is 14.9. The third-order valence-corrected chi connectivity index (χ3v) is 3.70. The van der Waals surface area contributed by atoms with Crippen LogP contribution in [0.4, 0.5) is 0 Å². The average Bonchev–Trinajstić information content (AvgIpc) is 2.24. The summed E-state index contributed by atoms with van der Waals surface area (Å²) >= 11 is 0. The van der Waals surface area contributed by atoms with Crippen LogP contribution in [0.15, 0.2) is 24.3 Å². The van der Waals surface area contributed by atoms with Gasteiger partial charge in [-0.05, 0) is 37.3 Å². The summed E-state index contributed by atoms with van der Waals surface area (Å²) in [6, 6.07) is 6.32. The zero-order chi connectivity index (χ0) is 15.0. The first-order valence-corrected chi connectivity index (χ1v) is 6.90. The number of phenols is 1. The molecule has 4 heteroatoms. The molecule has 20 heavy (non-hydrogen) atoms. The van der Waals surface area contributed by atoms with Crippen molar-refractivity contribution < 1.29 is 19.7 Å². The molecule has 0 saturated heterocycles. The number of hydrogen-bond acceptors (Lipinski definition) is 4. The van der Waals surface area contributed by atoms with Crippen LogP contribution in [0.3, 0.4) is 0 Å². The maximum Gasteiger partial charge on any atom is 0.342 e. The Kier molecular flexibility index (Phi) is 3.78. The lowest BCUT2D eigenvalue weighted by Gasteiger charge is -2.43. The summed E-state index contributed by atoms with van der Waals surface area (Å²) in [6.45, 7) is 5.89. The average molecular weight is 278 g/mol. The predicted octanol–water partition coefficient (Wildman–Crippen LogP) is 2.88. The molecule has 0 radical (unpaired) electrons. The predicted molar refractivity (Wildman–Crippen MR) is 75.6 cm³/mol. The number of carbonyl (C=O) groups is 1. The first-order valence-electron chi connectivity index (χ1n) is 6.90. The third-order valence-electron chi connectivity index (χ3n) is 3.70. The van der Waals surface area contributed by atoms with Gasteiger partial charge in [0.15, 0.2) is 0 Å². The number of hydrogen-bond donors (Lipinski definition) is 2. The summed E-state index contributed by atoms with van der Waals surface area (Å²) in [6.07, 6.45) is 1.49. The van der Waals surface area contributed by atoms with Crippen molar-refractivity contribution in [3.63, 3.8) is 0 Å². The summed E-state index contributed by atoms with van der Waals surface area (Å²) in [5.74, 6) is -0.624. The van der Waals surface area contributed by atoms with Gasteiger partial charge in [-0.2, -0.15) is 0 Å². The van der Waals surface area contributed by atoms with E-state index in [-0.39, 0.29) is 22.8 Å². The van der Waals surface area contributed by atoms with Gasteiger partial charge >= 0.3 is 5.97 Å². The van der Waals surface area contributed by atoms with E-state index in [9.17, 15) is 15.0 Å².